The molecule has 1 heterocycles. The Morgan fingerprint density at radius 3 is 2.92 bits per heavy atom. The smallest absolute Gasteiger partial charge is 0.249 e. The summed E-state index contributed by atoms with van der Waals surface area (Å²) in [6.45, 7) is 0.367. The van der Waals surface area contributed by atoms with Crippen molar-refractivity contribution in [3.8, 4) is 0 Å². The monoisotopic (exact) mass is 202 g/mol. The molecule has 0 radical (unpaired) electrons. The minimum Gasteiger partial charge on any atom is -0.383 e. The first kappa shape index (κ1) is 10.2. The van der Waals surface area contributed by atoms with Crippen LogP contribution in [0, 0.1) is 0 Å². The molecule has 1 aromatic rings. The predicted molar refractivity (Wildman–Crippen MR) is 50.9 cm³/mol. The zero-order valence-corrected chi connectivity index (χ0v) is 7.97. The molecule has 3 N–H and O–H groups in total. The van der Waals surface area contributed by atoms with Gasteiger partial charge in [0.15, 0.2) is 0 Å². The Bertz CT molecular complexity index is 337. The molecule has 72 valence electrons. The number of aromatic amines is 1. The highest BCUT2D eigenvalue weighted by Crippen LogP contribution is 2.16. The molecule has 0 bridgehead atoms. The van der Waals surface area contributed by atoms with E-state index in [2.05, 4.69) is 4.98 Å². The molecule has 0 unspecified atom stereocenters. The highest BCUT2D eigenvalue weighted by Gasteiger charge is 2.09. The van der Waals surface area contributed by atoms with Gasteiger partial charge in [-0.2, -0.15) is 0 Å². The van der Waals surface area contributed by atoms with Gasteiger partial charge in [-0.15, -0.1) is 0 Å². The number of halogens is 1. The van der Waals surface area contributed by atoms with Gasteiger partial charge in [-0.1, -0.05) is 11.6 Å². The third kappa shape index (κ3) is 2.55. The fourth-order valence-electron chi connectivity index (χ4n) is 1.02. The van der Waals surface area contributed by atoms with Gasteiger partial charge in [0.2, 0.25) is 5.56 Å². The van der Waals surface area contributed by atoms with Crippen LogP contribution in [-0.4, -0.2) is 18.7 Å². The van der Waals surface area contributed by atoms with E-state index in [-0.39, 0.29) is 16.8 Å². The quantitative estimate of drug-likeness (QED) is 0.709. The van der Waals surface area contributed by atoms with Crippen LogP contribution in [0.5, 0.6) is 0 Å². The summed E-state index contributed by atoms with van der Waals surface area (Å²) in [4.78, 5) is 13.3. The van der Waals surface area contributed by atoms with E-state index in [4.69, 9.17) is 22.1 Å². The van der Waals surface area contributed by atoms with Gasteiger partial charge in [0.1, 0.15) is 5.15 Å². The molecule has 0 saturated heterocycles. The number of nitrogens with two attached hydrogens (primary N) is 1. The number of ether oxygens (including phenoxy) is 1. The lowest BCUT2D eigenvalue weighted by Gasteiger charge is -2.11. The molecule has 0 aliphatic rings. The van der Waals surface area contributed by atoms with Crippen molar-refractivity contribution in [1.82, 2.24) is 4.98 Å². The summed E-state index contributed by atoms with van der Waals surface area (Å²) in [7, 11) is 1.56. The molecule has 0 saturated carbocycles. The fourth-order valence-corrected chi connectivity index (χ4v) is 1.31. The maximum Gasteiger partial charge on any atom is 0.249 e. The third-order valence-corrected chi connectivity index (χ3v) is 1.96. The second kappa shape index (κ2) is 4.41. The Morgan fingerprint density at radius 1 is 1.69 bits per heavy atom. The molecule has 0 spiro atoms. The van der Waals surface area contributed by atoms with Crippen LogP contribution >= 0.6 is 11.6 Å². The van der Waals surface area contributed by atoms with E-state index in [1.807, 2.05) is 0 Å². The summed E-state index contributed by atoms with van der Waals surface area (Å²) in [5.41, 5.74) is 6.17. The number of aromatic nitrogens is 1. The molecule has 4 nitrogen and oxygen atoms in total. The zero-order valence-electron chi connectivity index (χ0n) is 7.21. The maximum atomic E-state index is 10.8. The van der Waals surface area contributed by atoms with Crippen molar-refractivity contribution in [1.29, 1.82) is 0 Å². The number of rotatable bonds is 3. The van der Waals surface area contributed by atoms with Gasteiger partial charge in [-0.25, -0.2) is 0 Å². The SMILES string of the molecule is COC[C@H](N)c1ccc(=O)[nH]c1Cl. The number of nitrogens with one attached hydrogen (secondary N) is 1. The van der Waals surface area contributed by atoms with E-state index in [1.54, 1.807) is 13.2 Å². The lowest BCUT2D eigenvalue weighted by Crippen LogP contribution is -2.18. The van der Waals surface area contributed by atoms with E-state index in [1.165, 1.54) is 6.07 Å². The summed E-state index contributed by atoms with van der Waals surface area (Å²) in [5, 5.41) is 0.275. The van der Waals surface area contributed by atoms with E-state index < -0.39 is 0 Å². The van der Waals surface area contributed by atoms with Crippen LogP contribution in [0.25, 0.3) is 0 Å². The molecular weight excluding hydrogens is 192 g/mol. The van der Waals surface area contributed by atoms with Gasteiger partial charge in [-0.3, -0.25) is 4.79 Å². The molecule has 0 aliphatic carbocycles. The first-order valence-electron chi connectivity index (χ1n) is 3.78. The molecule has 13 heavy (non-hydrogen) atoms. The Hall–Kier alpha value is -0.840. The van der Waals surface area contributed by atoms with Gasteiger partial charge in [0.25, 0.3) is 0 Å². The highest BCUT2D eigenvalue weighted by atomic mass is 35.5. The molecule has 1 rings (SSSR count). The van der Waals surface area contributed by atoms with E-state index >= 15 is 0 Å². The number of H-pyrrole nitrogens is 1. The fraction of sp³-hybridized carbons (Fsp3) is 0.375. The van der Waals surface area contributed by atoms with Gasteiger partial charge in [0, 0.05) is 18.7 Å². The Labute approximate surface area is 80.7 Å². The first-order valence-corrected chi connectivity index (χ1v) is 4.16. The Morgan fingerprint density at radius 2 is 2.38 bits per heavy atom. The third-order valence-electron chi connectivity index (χ3n) is 1.65. The second-order valence-corrected chi connectivity index (χ2v) is 3.03. The van der Waals surface area contributed by atoms with Crippen LogP contribution in [0.4, 0.5) is 0 Å². The molecule has 5 heteroatoms. The molecule has 1 atom stereocenters. The van der Waals surface area contributed by atoms with Gasteiger partial charge < -0.3 is 15.5 Å². The van der Waals surface area contributed by atoms with Crippen molar-refractivity contribution in [2.75, 3.05) is 13.7 Å². The van der Waals surface area contributed by atoms with Crippen molar-refractivity contribution >= 4 is 11.6 Å². The average Bonchev–Trinajstić information content (AvgIpc) is 2.04. The normalized spacial score (nSPS) is 12.8. The summed E-state index contributed by atoms with van der Waals surface area (Å²) < 4.78 is 4.87. The van der Waals surface area contributed by atoms with Crippen LogP contribution in [0.2, 0.25) is 5.15 Å². The van der Waals surface area contributed by atoms with Crippen molar-refractivity contribution in [3.05, 3.63) is 33.2 Å². The van der Waals surface area contributed by atoms with Crippen LogP contribution in [0.1, 0.15) is 11.6 Å². The van der Waals surface area contributed by atoms with E-state index in [9.17, 15) is 4.79 Å². The topological polar surface area (TPSA) is 68.1 Å². The summed E-state index contributed by atoms with van der Waals surface area (Å²) >= 11 is 5.77. The van der Waals surface area contributed by atoms with E-state index in [0.29, 0.717) is 12.2 Å². The molecule has 0 fully saturated rings. The van der Waals surface area contributed by atoms with E-state index in [0.717, 1.165) is 0 Å². The average molecular weight is 203 g/mol. The van der Waals surface area contributed by atoms with Gasteiger partial charge >= 0.3 is 0 Å². The maximum absolute atomic E-state index is 10.8. The van der Waals surface area contributed by atoms with Crippen LogP contribution in [0.3, 0.4) is 0 Å². The molecule has 0 aliphatic heterocycles. The Kier molecular flexibility index (Phi) is 3.48. The van der Waals surface area contributed by atoms with Crippen molar-refractivity contribution in [2.24, 2.45) is 5.73 Å². The number of pyridine rings is 1. The van der Waals surface area contributed by atoms with Crippen LogP contribution in [-0.2, 0) is 4.74 Å². The molecule has 0 amide bonds. The standard InChI is InChI=1S/C8H11ClN2O2/c1-13-4-6(10)5-2-3-7(12)11-8(5)9/h2-3,6H,4,10H2,1H3,(H,11,12)/t6-/m0/s1. The van der Waals surface area contributed by atoms with Crippen molar-refractivity contribution < 1.29 is 4.74 Å². The van der Waals surface area contributed by atoms with Crippen molar-refractivity contribution in [3.63, 3.8) is 0 Å². The second-order valence-electron chi connectivity index (χ2n) is 2.65. The summed E-state index contributed by atoms with van der Waals surface area (Å²) in [5.74, 6) is 0. The minimum absolute atomic E-state index is 0.238. The van der Waals surface area contributed by atoms with Crippen LogP contribution < -0.4 is 11.3 Å². The highest BCUT2D eigenvalue weighted by molar-refractivity contribution is 6.30. The minimum atomic E-state index is -0.311. The molecule has 0 aromatic carbocycles. The van der Waals surface area contributed by atoms with Gasteiger partial charge in [0.05, 0.1) is 12.6 Å². The largest absolute Gasteiger partial charge is 0.383 e. The van der Waals surface area contributed by atoms with Gasteiger partial charge in [-0.05, 0) is 6.07 Å². The molecular formula is C8H11ClN2O2. The van der Waals surface area contributed by atoms with Crippen molar-refractivity contribution in [2.45, 2.75) is 6.04 Å². The lowest BCUT2D eigenvalue weighted by molar-refractivity contribution is 0.181. The molecule has 1 aromatic heterocycles. The predicted octanol–water partition coefficient (Wildman–Crippen LogP) is 0.675. The number of methoxy groups -OCH3 is 1. The summed E-state index contributed by atoms with van der Waals surface area (Å²) in [6, 6.07) is 2.68. The lowest BCUT2D eigenvalue weighted by atomic mass is 10.1. The number of hydrogen-bond donors (Lipinski definition) is 2. The Balaban J connectivity index is 2.94. The summed E-state index contributed by atoms with van der Waals surface area (Å²) in [6.07, 6.45) is 0. The zero-order chi connectivity index (χ0) is 9.84. The first-order chi connectivity index (χ1) is 6.15. The number of hydrogen-bond acceptors (Lipinski definition) is 3. The van der Waals surface area contributed by atoms with Crippen LogP contribution in [0.15, 0.2) is 16.9 Å².